The van der Waals surface area contributed by atoms with Crippen molar-refractivity contribution in [2.45, 2.75) is 92.4 Å². The van der Waals surface area contributed by atoms with Crippen LogP contribution in [0.4, 0.5) is 0 Å². The monoisotopic (exact) mass is 539 g/mol. The summed E-state index contributed by atoms with van der Waals surface area (Å²) in [5.74, 6) is 0.603. The van der Waals surface area contributed by atoms with E-state index in [0.717, 1.165) is 11.5 Å². The summed E-state index contributed by atoms with van der Waals surface area (Å²) in [5, 5.41) is 12.2. The third-order valence-electron chi connectivity index (χ3n) is 6.42. The van der Waals surface area contributed by atoms with Crippen LogP contribution in [-0.4, -0.2) is 38.1 Å². The van der Waals surface area contributed by atoms with Gasteiger partial charge in [-0.15, -0.1) is 0 Å². The van der Waals surface area contributed by atoms with Gasteiger partial charge >= 0.3 is 195 Å². The van der Waals surface area contributed by atoms with Gasteiger partial charge in [-0.2, -0.15) is 0 Å². The number of carbonyl (C=O) groups is 1. The third kappa shape index (κ3) is 9.46. The zero-order chi connectivity index (χ0) is 23.1. The predicted molar refractivity (Wildman–Crippen MR) is 130 cm³/mol. The van der Waals surface area contributed by atoms with Crippen LogP contribution in [0.25, 0.3) is 0 Å². The number of hydrogen-bond acceptors (Lipinski definition) is 4. The number of unbranched alkanes of at least 4 members (excludes halogenated alkanes) is 3. The quantitative estimate of drug-likeness (QED) is 0.133. The molecule has 0 spiro atoms. The van der Waals surface area contributed by atoms with Crippen molar-refractivity contribution in [2.24, 2.45) is 0 Å². The van der Waals surface area contributed by atoms with E-state index in [9.17, 15) is 9.90 Å². The maximum absolute atomic E-state index is 12.2. The molecule has 0 unspecified atom stereocenters. The first-order valence-electron chi connectivity index (χ1n) is 12.1. The van der Waals surface area contributed by atoms with Crippen LogP contribution in [0.1, 0.15) is 79.1 Å². The van der Waals surface area contributed by atoms with Crippen molar-refractivity contribution in [3.8, 4) is 11.5 Å². The van der Waals surface area contributed by atoms with Gasteiger partial charge in [0.1, 0.15) is 0 Å². The first kappa shape index (κ1) is 27.9. The zero-order valence-electron chi connectivity index (χ0n) is 20.4. The Labute approximate surface area is 194 Å². The summed E-state index contributed by atoms with van der Waals surface area (Å²) >= 11 is -2.74. The van der Waals surface area contributed by atoms with Crippen molar-refractivity contribution in [3.05, 3.63) is 33.4 Å². The normalized spacial score (nSPS) is 12.4. The third-order valence-corrected chi connectivity index (χ3v) is 23.0. The number of carboxylic acids is 1. The minimum atomic E-state index is -2.74. The van der Waals surface area contributed by atoms with Crippen LogP contribution in [0.15, 0.2) is 33.4 Å². The minimum absolute atomic E-state index is 0.498. The topological polar surface area (TPSA) is 58.6 Å². The van der Waals surface area contributed by atoms with E-state index in [0.29, 0.717) is 25.0 Å². The van der Waals surface area contributed by atoms with Crippen LogP contribution in [0.2, 0.25) is 13.3 Å². The van der Waals surface area contributed by atoms with Gasteiger partial charge in [-0.25, -0.2) is 0 Å². The van der Waals surface area contributed by atoms with E-state index in [4.69, 9.17) is 9.47 Å². The maximum atomic E-state index is 12.2. The number of benzene rings is 1. The van der Waals surface area contributed by atoms with Gasteiger partial charge in [-0.3, -0.25) is 0 Å². The molecule has 0 aliphatic carbocycles. The van der Waals surface area contributed by atoms with Crippen molar-refractivity contribution in [1.29, 1.82) is 0 Å². The fourth-order valence-electron chi connectivity index (χ4n) is 4.36. The van der Waals surface area contributed by atoms with Gasteiger partial charge in [0, 0.05) is 0 Å². The van der Waals surface area contributed by atoms with Gasteiger partial charge in [0.05, 0.1) is 0 Å². The molecule has 0 aliphatic rings. The number of aliphatic carboxylic acids is 1. The van der Waals surface area contributed by atoms with Crippen LogP contribution >= 0.6 is 0 Å². The van der Waals surface area contributed by atoms with E-state index in [1.54, 1.807) is 7.11 Å². The van der Waals surface area contributed by atoms with E-state index in [1.807, 2.05) is 24.3 Å². The molecule has 1 aromatic rings. The van der Waals surface area contributed by atoms with E-state index in [1.165, 1.54) is 55.4 Å². The molecule has 0 fully saturated rings. The Morgan fingerprint density at radius 1 is 0.871 bits per heavy atom. The molecule has 5 heteroatoms. The molecule has 0 atom stereocenters. The predicted octanol–water partition coefficient (Wildman–Crippen LogP) is 6.31. The molecule has 0 saturated heterocycles. The van der Waals surface area contributed by atoms with Gasteiger partial charge in [-0.05, 0) is 0 Å². The van der Waals surface area contributed by atoms with Gasteiger partial charge in [0.25, 0.3) is 0 Å². The standard InChI is InChI=1S/C14H17O4.3C4H9.Sn/c1-3-11(14(15)16)5-4-10-18-13-8-6-12(17-2)7-9-13;3*1-3-4-2;/h6-9H,4-5,10H2,1-2H3,(H,15,16);3*1,3-4H2,2H3;/p-1. The molecule has 0 N–H and O–H groups in total. The molecule has 0 amide bonds. The van der Waals surface area contributed by atoms with Crippen LogP contribution in [0.5, 0.6) is 11.5 Å². The molecule has 0 radical (unpaired) electrons. The second-order valence-electron chi connectivity index (χ2n) is 8.61. The van der Waals surface area contributed by atoms with Gasteiger partial charge < -0.3 is 0 Å². The summed E-state index contributed by atoms with van der Waals surface area (Å²) < 4.78 is 16.1. The summed E-state index contributed by atoms with van der Waals surface area (Å²) in [6.45, 7) is 9.37. The summed E-state index contributed by atoms with van der Waals surface area (Å²) in [6.07, 6.45) is 8.43. The van der Waals surface area contributed by atoms with Crippen molar-refractivity contribution in [1.82, 2.24) is 0 Å². The second-order valence-corrected chi connectivity index (χ2v) is 22.3. The van der Waals surface area contributed by atoms with Crippen LogP contribution < -0.4 is 14.6 Å². The molecular weight excluding hydrogens is 495 g/mol. The molecule has 0 bridgehead atoms. The molecule has 0 heterocycles. The van der Waals surface area contributed by atoms with Crippen molar-refractivity contribution in [2.75, 3.05) is 13.7 Å². The van der Waals surface area contributed by atoms with Crippen LogP contribution in [-0.2, 0) is 4.79 Å². The van der Waals surface area contributed by atoms with Gasteiger partial charge in [-0.1, -0.05) is 0 Å². The van der Waals surface area contributed by atoms with Crippen molar-refractivity contribution in [3.63, 3.8) is 0 Å². The molecule has 0 saturated carbocycles. The average Bonchev–Trinajstić information content (AvgIpc) is 2.78. The molecule has 31 heavy (non-hydrogen) atoms. The second kappa shape index (κ2) is 15.6. The Bertz CT molecular complexity index is 645. The van der Waals surface area contributed by atoms with Crippen molar-refractivity contribution < 1.29 is 19.4 Å². The number of ether oxygens (including phenoxy) is 2. The number of rotatable bonds is 17. The van der Waals surface area contributed by atoms with E-state index in [2.05, 4.69) is 27.7 Å². The number of carbonyl (C=O) groups excluding carboxylic acids is 1. The molecular formula is C26H43O4Sn-. The van der Waals surface area contributed by atoms with E-state index < -0.39 is 24.3 Å². The number of carboxylic acid groups (broad SMARTS) is 1. The Balaban J connectivity index is 2.95. The fraction of sp³-hybridized carbons (Fsp3) is 0.654. The first-order valence-corrected chi connectivity index (χ1v) is 19.6. The molecule has 1 rings (SSSR count). The van der Waals surface area contributed by atoms with Gasteiger partial charge in [0.2, 0.25) is 0 Å². The summed E-state index contributed by atoms with van der Waals surface area (Å²) in [6, 6.07) is 7.48. The summed E-state index contributed by atoms with van der Waals surface area (Å²) in [5.41, 5.74) is 0.581. The van der Waals surface area contributed by atoms with Crippen LogP contribution in [0.3, 0.4) is 0 Å². The number of hydrogen-bond donors (Lipinski definition) is 0. The van der Waals surface area contributed by atoms with Crippen LogP contribution in [0, 0.1) is 0 Å². The van der Waals surface area contributed by atoms with Crippen molar-refractivity contribution >= 4 is 24.3 Å². The Morgan fingerprint density at radius 2 is 1.35 bits per heavy atom. The number of methoxy groups -OCH3 is 1. The fourth-order valence-corrected chi connectivity index (χ4v) is 21.0. The SMILES string of the molecule is CCC[CH2][Sn]([CH2]CCC)([CH2]CCC)/[C](C)=C(/CCCOc1ccc(OC)cc1)C(=O)[O-]. The molecule has 176 valence electrons. The Kier molecular flexibility index (Phi) is 14.0. The molecule has 0 aromatic heterocycles. The molecule has 4 nitrogen and oxygen atoms in total. The average molecular weight is 538 g/mol. The summed E-state index contributed by atoms with van der Waals surface area (Å²) in [7, 11) is 1.64. The number of allylic oxidation sites excluding steroid dienone is 1. The molecule has 1 aromatic carbocycles. The molecule has 0 aliphatic heterocycles. The van der Waals surface area contributed by atoms with Gasteiger partial charge in [0.15, 0.2) is 0 Å². The Morgan fingerprint density at radius 3 is 1.77 bits per heavy atom. The van der Waals surface area contributed by atoms with E-state index >= 15 is 0 Å². The zero-order valence-corrected chi connectivity index (χ0v) is 23.3. The summed E-state index contributed by atoms with van der Waals surface area (Å²) in [4.78, 5) is 12.2. The van der Waals surface area contributed by atoms with E-state index in [-0.39, 0.29) is 0 Å². The first-order chi connectivity index (χ1) is 14.9. The Hall–Kier alpha value is -1.17.